The number of thiophene rings is 1. The first-order chi connectivity index (χ1) is 12.8. The lowest BCUT2D eigenvalue weighted by atomic mass is 10.2. The summed E-state index contributed by atoms with van der Waals surface area (Å²) >= 11 is 1.64. The molecule has 1 saturated heterocycles. The molecular formula is C18H20N6OS. The highest BCUT2D eigenvalue weighted by atomic mass is 32.1. The summed E-state index contributed by atoms with van der Waals surface area (Å²) in [6.45, 7) is 3.13. The van der Waals surface area contributed by atoms with E-state index in [9.17, 15) is 4.79 Å². The number of nitrogens with zero attached hydrogens (tertiary/aromatic N) is 6. The summed E-state index contributed by atoms with van der Waals surface area (Å²) in [5.74, 6) is 1.73. The molecule has 2 aliphatic rings. The maximum atomic E-state index is 12.4. The van der Waals surface area contributed by atoms with E-state index in [4.69, 9.17) is 0 Å². The molecule has 1 amide bonds. The van der Waals surface area contributed by atoms with Crippen LogP contribution in [0.1, 0.15) is 29.5 Å². The summed E-state index contributed by atoms with van der Waals surface area (Å²) < 4.78 is 1.86. The highest BCUT2D eigenvalue weighted by molar-refractivity contribution is 7.10. The number of rotatable bonds is 4. The van der Waals surface area contributed by atoms with E-state index in [2.05, 4.69) is 26.3 Å². The number of fused-ring (bicyclic) bond motifs is 1. The van der Waals surface area contributed by atoms with E-state index in [1.807, 2.05) is 33.1 Å². The van der Waals surface area contributed by atoms with Crippen molar-refractivity contribution in [2.75, 3.05) is 31.1 Å². The Balaban J connectivity index is 1.25. The smallest absolute Gasteiger partial charge is 0.227 e. The van der Waals surface area contributed by atoms with Crippen LogP contribution in [0.3, 0.4) is 0 Å². The molecule has 1 aliphatic heterocycles. The molecule has 0 spiro atoms. The third kappa shape index (κ3) is 2.94. The highest BCUT2D eigenvalue weighted by Crippen LogP contribution is 2.38. The van der Waals surface area contributed by atoms with Crippen molar-refractivity contribution >= 4 is 28.6 Å². The molecule has 0 unspecified atom stereocenters. The Morgan fingerprint density at radius 1 is 1.19 bits per heavy atom. The Kier molecular flexibility index (Phi) is 3.85. The largest absolute Gasteiger partial charge is 0.367 e. The van der Waals surface area contributed by atoms with Gasteiger partial charge in [-0.3, -0.25) is 4.79 Å². The van der Waals surface area contributed by atoms with Crippen LogP contribution < -0.4 is 4.90 Å². The van der Waals surface area contributed by atoms with Crippen LogP contribution in [0.25, 0.3) is 5.65 Å². The van der Waals surface area contributed by atoms with Crippen LogP contribution >= 0.6 is 11.3 Å². The topological polar surface area (TPSA) is 66.6 Å². The van der Waals surface area contributed by atoms with Gasteiger partial charge in [0.2, 0.25) is 5.91 Å². The Hall–Kier alpha value is -2.48. The summed E-state index contributed by atoms with van der Waals surface area (Å²) in [6.07, 6.45) is 4.78. The molecule has 7 nitrogen and oxygen atoms in total. The van der Waals surface area contributed by atoms with E-state index in [0.29, 0.717) is 12.3 Å². The van der Waals surface area contributed by atoms with Crippen LogP contribution in [0.15, 0.2) is 29.8 Å². The zero-order valence-electron chi connectivity index (χ0n) is 14.4. The summed E-state index contributed by atoms with van der Waals surface area (Å²) in [6, 6.07) is 6.07. The summed E-state index contributed by atoms with van der Waals surface area (Å²) in [5, 5.41) is 15.1. The summed E-state index contributed by atoms with van der Waals surface area (Å²) in [5.41, 5.74) is 1.86. The summed E-state index contributed by atoms with van der Waals surface area (Å²) in [4.78, 5) is 17.8. The Bertz CT molecular complexity index is 924. The minimum Gasteiger partial charge on any atom is -0.367 e. The van der Waals surface area contributed by atoms with Crippen molar-refractivity contribution in [2.45, 2.75) is 25.2 Å². The summed E-state index contributed by atoms with van der Waals surface area (Å²) in [7, 11) is 0. The molecule has 0 aromatic carbocycles. The second-order valence-corrected chi connectivity index (χ2v) is 7.97. The lowest BCUT2D eigenvalue weighted by Crippen LogP contribution is -2.49. The van der Waals surface area contributed by atoms with Crippen molar-refractivity contribution in [3.8, 4) is 0 Å². The fourth-order valence-electron chi connectivity index (χ4n) is 3.46. The predicted octanol–water partition coefficient (Wildman–Crippen LogP) is 1.95. The maximum Gasteiger partial charge on any atom is 0.227 e. The van der Waals surface area contributed by atoms with Gasteiger partial charge in [0.15, 0.2) is 11.5 Å². The van der Waals surface area contributed by atoms with Gasteiger partial charge in [-0.15, -0.1) is 21.5 Å². The van der Waals surface area contributed by atoms with Gasteiger partial charge >= 0.3 is 0 Å². The molecule has 1 aliphatic carbocycles. The highest BCUT2D eigenvalue weighted by Gasteiger charge is 2.29. The van der Waals surface area contributed by atoms with Gasteiger partial charge in [-0.2, -0.15) is 9.61 Å². The molecule has 134 valence electrons. The predicted molar refractivity (Wildman–Crippen MR) is 99.6 cm³/mol. The third-order valence-corrected chi connectivity index (χ3v) is 5.99. The Labute approximate surface area is 155 Å². The van der Waals surface area contributed by atoms with Crippen molar-refractivity contribution in [3.05, 3.63) is 40.5 Å². The van der Waals surface area contributed by atoms with Crippen molar-refractivity contribution in [1.29, 1.82) is 0 Å². The molecule has 0 atom stereocenters. The molecule has 3 aromatic heterocycles. The number of amides is 1. The standard InChI is InChI=1S/C18H20N6OS/c25-17(11-15-2-1-9-26-15)23-7-5-22(6-8-23)14-10-16-20-21-18(13-3-4-13)24(16)19-12-14/h1-2,9-10,12-13H,3-8,11H2. The monoisotopic (exact) mass is 368 g/mol. The molecule has 5 rings (SSSR count). The van der Waals surface area contributed by atoms with Crippen LogP contribution in [0, 0.1) is 0 Å². The minimum atomic E-state index is 0.215. The lowest BCUT2D eigenvalue weighted by molar-refractivity contribution is -0.130. The molecule has 4 heterocycles. The number of aromatic nitrogens is 4. The fraction of sp³-hybridized carbons (Fsp3) is 0.444. The van der Waals surface area contributed by atoms with Gasteiger partial charge in [0.25, 0.3) is 0 Å². The maximum absolute atomic E-state index is 12.4. The molecule has 1 saturated carbocycles. The first-order valence-corrected chi connectivity index (χ1v) is 9.92. The molecule has 0 radical (unpaired) electrons. The first kappa shape index (κ1) is 15.7. The van der Waals surface area contributed by atoms with Gasteiger partial charge < -0.3 is 9.80 Å². The molecule has 2 fully saturated rings. The Morgan fingerprint density at radius 2 is 2.04 bits per heavy atom. The van der Waals surface area contributed by atoms with E-state index < -0.39 is 0 Å². The van der Waals surface area contributed by atoms with Crippen LogP contribution in [0.5, 0.6) is 0 Å². The SMILES string of the molecule is O=C(Cc1cccs1)N1CCN(c2cnn3c(C4CC4)nnc3c2)CC1. The quantitative estimate of drug-likeness (QED) is 0.704. The number of hydrogen-bond acceptors (Lipinski definition) is 6. The van der Waals surface area contributed by atoms with Crippen molar-refractivity contribution in [1.82, 2.24) is 24.7 Å². The van der Waals surface area contributed by atoms with Crippen molar-refractivity contribution in [3.63, 3.8) is 0 Å². The number of piperazine rings is 1. The van der Waals surface area contributed by atoms with Crippen molar-refractivity contribution in [2.24, 2.45) is 0 Å². The minimum absolute atomic E-state index is 0.215. The van der Waals surface area contributed by atoms with Crippen LogP contribution in [-0.2, 0) is 11.2 Å². The third-order valence-electron chi connectivity index (χ3n) is 5.12. The number of carbonyl (C=O) groups is 1. The van der Waals surface area contributed by atoms with Crippen LogP contribution in [-0.4, -0.2) is 56.8 Å². The second kappa shape index (κ2) is 6.35. The average molecular weight is 368 g/mol. The average Bonchev–Trinajstić information content (AvgIpc) is 3.22. The van der Waals surface area contributed by atoms with E-state index in [1.54, 1.807) is 11.3 Å². The van der Waals surface area contributed by atoms with E-state index in [-0.39, 0.29) is 5.91 Å². The molecular weight excluding hydrogens is 348 g/mol. The fourth-order valence-corrected chi connectivity index (χ4v) is 4.15. The molecule has 26 heavy (non-hydrogen) atoms. The first-order valence-electron chi connectivity index (χ1n) is 9.04. The normalized spacial score (nSPS) is 17.8. The lowest BCUT2D eigenvalue weighted by Gasteiger charge is -2.35. The zero-order chi connectivity index (χ0) is 17.5. The molecule has 3 aromatic rings. The van der Waals surface area contributed by atoms with E-state index in [0.717, 1.165) is 48.2 Å². The van der Waals surface area contributed by atoms with Gasteiger partial charge in [0.1, 0.15) is 0 Å². The van der Waals surface area contributed by atoms with E-state index in [1.165, 1.54) is 12.8 Å². The molecule has 0 bridgehead atoms. The molecule has 0 N–H and O–H groups in total. The zero-order valence-corrected chi connectivity index (χ0v) is 15.2. The van der Waals surface area contributed by atoms with Gasteiger partial charge in [0, 0.05) is 43.0 Å². The number of hydrogen-bond donors (Lipinski definition) is 0. The molecule has 8 heteroatoms. The van der Waals surface area contributed by atoms with Crippen LogP contribution in [0.4, 0.5) is 5.69 Å². The number of anilines is 1. The van der Waals surface area contributed by atoms with Crippen molar-refractivity contribution < 1.29 is 4.79 Å². The van der Waals surface area contributed by atoms with Gasteiger partial charge in [-0.1, -0.05) is 6.07 Å². The van der Waals surface area contributed by atoms with Gasteiger partial charge in [-0.25, -0.2) is 0 Å². The Morgan fingerprint density at radius 3 is 2.77 bits per heavy atom. The van der Waals surface area contributed by atoms with Gasteiger partial charge in [0.05, 0.1) is 18.3 Å². The van der Waals surface area contributed by atoms with Gasteiger partial charge in [-0.05, 0) is 24.3 Å². The van der Waals surface area contributed by atoms with E-state index >= 15 is 0 Å². The number of carbonyl (C=O) groups excluding carboxylic acids is 1. The second-order valence-electron chi connectivity index (χ2n) is 6.94. The van der Waals surface area contributed by atoms with Crippen LogP contribution in [0.2, 0.25) is 0 Å².